The van der Waals surface area contributed by atoms with Crippen LogP contribution in [0.5, 0.6) is 0 Å². The van der Waals surface area contributed by atoms with Gasteiger partial charge in [-0.15, -0.1) is 0 Å². The molecule has 2 N–H and O–H groups in total. The Bertz CT molecular complexity index is 812. The lowest BCUT2D eigenvalue weighted by molar-refractivity contribution is -0.192. The number of aliphatic hydroxyl groups excluding tert-OH is 2. The monoisotopic (exact) mass is 442 g/mol. The molecule has 2 nitrogen and oxygen atoms in total. The van der Waals surface area contributed by atoms with E-state index in [2.05, 4.69) is 61.5 Å². The van der Waals surface area contributed by atoms with Crippen molar-refractivity contribution in [2.45, 2.75) is 119 Å². The number of rotatable bonds is 1. The zero-order valence-electron chi connectivity index (χ0n) is 22.2. The van der Waals surface area contributed by atoms with Crippen LogP contribution in [-0.4, -0.2) is 22.4 Å². The first-order chi connectivity index (χ1) is 14.7. The summed E-state index contributed by atoms with van der Waals surface area (Å²) in [6.07, 6.45) is 11.4. The van der Waals surface area contributed by atoms with Gasteiger partial charge in [0.15, 0.2) is 0 Å². The molecule has 0 aromatic heterocycles. The quantitative estimate of drug-likeness (QED) is 0.429. The second-order valence-electron chi connectivity index (χ2n) is 14.8. The molecule has 0 radical (unpaired) electrons. The normalized spacial score (nSPS) is 56.7. The highest BCUT2D eigenvalue weighted by Gasteiger charge is 2.69. The second kappa shape index (κ2) is 6.87. The van der Waals surface area contributed by atoms with Crippen LogP contribution in [0.15, 0.2) is 11.6 Å². The average Bonchev–Trinajstić information content (AvgIpc) is 3.07. The van der Waals surface area contributed by atoms with E-state index in [1.807, 2.05) is 0 Å². The number of allylic oxidation sites excluding steroid dienone is 1. The lowest BCUT2D eigenvalue weighted by Gasteiger charge is -2.70. The number of hydrogen-bond acceptors (Lipinski definition) is 2. The number of aliphatic hydroxyl groups is 2. The highest BCUT2D eigenvalue weighted by atomic mass is 16.3. The fourth-order valence-corrected chi connectivity index (χ4v) is 11.2. The first-order valence-corrected chi connectivity index (χ1v) is 13.8. The second-order valence-corrected chi connectivity index (χ2v) is 14.8. The van der Waals surface area contributed by atoms with E-state index in [-0.39, 0.29) is 39.8 Å². The number of hydrogen-bond donors (Lipinski definition) is 2. The summed E-state index contributed by atoms with van der Waals surface area (Å²) in [5, 5.41) is 22.7. The molecule has 10 unspecified atom stereocenters. The van der Waals surface area contributed by atoms with Crippen LogP contribution in [0.4, 0.5) is 0 Å². The van der Waals surface area contributed by atoms with E-state index in [4.69, 9.17) is 0 Å². The molecule has 2 heteroatoms. The highest BCUT2D eigenvalue weighted by Crippen LogP contribution is 2.76. The van der Waals surface area contributed by atoms with Crippen molar-refractivity contribution >= 4 is 0 Å². The molecule has 0 aromatic rings. The molecule has 5 aliphatic rings. The highest BCUT2D eigenvalue weighted by molar-refractivity contribution is 5.34. The molecule has 0 amide bonds. The Labute approximate surface area is 197 Å². The summed E-state index contributed by atoms with van der Waals surface area (Å²) >= 11 is 0. The summed E-state index contributed by atoms with van der Waals surface area (Å²) in [5.41, 5.74) is 2.45. The van der Waals surface area contributed by atoms with Crippen molar-refractivity contribution < 1.29 is 10.2 Å². The molecule has 5 aliphatic carbocycles. The van der Waals surface area contributed by atoms with E-state index < -0.39 is 0 Å². The Morgan fingerprint density at radius 1 is 0.844 bits per heavy atom. The summed E-state index contributed by atoms with van der Waals surface area (Å²) in [6.45, 7) is 19.7. The third-order valence-electron chi connectivity index (χ3n) is 13.2. The van der Waals surface area contributed by atoms with E-state index in [0.717, 1.165) is 37.0 Å². The molecule has 5 rings (SSSR count). The third kappa shape index (κ3) is 2.61. The van der Waals surface area contributed by atoms with Crippen LogP contribution in [0.3, 0.4) is 0 Å². The Hall–Kier alpha value is -0.340. The molecular formula is C30H50O2. The van der Waals surface area contributed by atoms with Gasteiger partial charge in [0, 0.05) is 5.92 Å². The van der Waals surface area contributed by atoms with Crippen LogP contribution >= 0.6 is 0 Å². The molecule has 32 heavy (non-hydrogen) atoms. The molecule has 0 aromatic carbocycles. The molecule has 0 spiro atoms. The van der Waals surface area contributed by atoms with Gasteiger partial charge in [-0.25, -0.2) is 0 Å². The minimum Gasteiger partial charge on any atom is -0.393 e. The summed E-state index contributed by atoms with van der Waals surface area (Å²) in [7, 11) is 0. The largest absolute Gasteiger partial charge is 0.393 e. The van der Waals surface area contributed by atoms with Gasteiger partial charge in [0.05, 0.1) is 12.2 Å². The minimum absolute atomic E-state index is 0.119. The van der Waals surface area contributed by atoms with E-state index in [9.17, 15) is 10.2 Å². The topological polar surface area (TPSA) is 40.5 Å². The van der Waals surface area contributed by atoms with Gasteiger partial charge in [-0.05, 0) is 102 Å². The lowest BCUT2D eigenvalue weighted by atomic mass is 9.35. The van der Waals surface area contributed by atoms with Gasteiger partial charge in [0.2, 0.25) is 0 Å². The predicted octanol–water partition coefficient (Wildman–Crippen LogP) is 7.00. The van der Waals surface area contributed by atoms with E-state index >= 15 is 0 Å². The smallest absolute Gasteiger partial charge is 0.0614 e. The standard InChI is InChI=1S/C30H50O2/c1-18(2)19-9-10-22-28(19,6)15-16-30(8)25-20(11-14-29(22,30)7)27(5)13-12-24(32)26(3,4)23(27)17-21(25)31/h11,18-19,21-25,31-32H,9-10,12-17H2,1-8H3. The van der Waals surface area contributed by atoms with Crippen LogP contribution < -0.4 is 0 Å². The van der Waals surface area contributed by atoms with E-state index in [0.29, 0.717) is 11.3 Å². The maximum Gasteiger partial charge on any atom is 0.0614 e. The summed E-state index contributed by atoms with van der Waals surface area (Å²) in [6, 6.07) is 0. The molecule has 4 saturated carbocycles. The Morgan fingerprint density at radius 2 is 1.53 bits per heavy atom. The lowest BCUT2D eigenvalue weighted by Crippen LogP contribution is -2.65. The molecule has 10 atom stereocenters. The average molecular weight is 443 g/mol. The SMILES string of the molecule is CC(C)C1CCC2C1(C)CCC1(C)C3C(=CCC21C)C1(C)CCC(O)C(C)(C)C1CC3O. The molecule has 4 fully saturated rings. The van der Waals surface area contributed by atoms with Crippen molar-refractivity contribution in [3.8, 4) is 0 Å². The van der Waals surface area contributed by atoms with Gasteiger partial charge in [-0.1, -0.05) is 67.0 Å². The van der Waals surface area contributed by atoms with Crippen molar-refractivity contribution in [2.24, 2.45) is 56.7 Å². The van der Waals surface area contributed by atoms with Crippen LogP contribution in [0.25, 0.3) is 0 Å². The van der Waals surface area contributed by atoms with Gasteiger partial charge >= 0.3 is 0 Å². The molecular weight excluding hydrogens is 392 g/mol. The van der Waals surface area contributed by atoms with Gasteiger partial charge < -0.3 is 10.2 Å². The van der Waals surface area contributed by atoms with E-state index in [1.54, 1.807) is 5.57 Å². The van der Waals surface area contributed by atoms with Crippen molar-refractivity contribution in [3.63, 3.8) is 0 Å². The zero-order chi connectivity index (χ0) is 23.5. The molecule has 0 saturated heterocycles. The van der Waals surface area contributed by atoms with Gasteiger partial charge in [-0.3, -0.25) is 0 Å². The first-order valence-electron chi connectivity index (χ1n) is 13.8. The van der Waals surface area contributed by atoms with Crippen molar-refractivity contribution in [1.29, 1.82) is 0 Å². The molecule has 182 valence electrons. The van der Waals surface area contributed by atoms with Crippen LogP contribution in [-0.2, 0) is 0 Å². The van der Waals surface area contributed by atoms with E-state index in [1.165, 1.54) is 32.1 Å². The van der Waals surface area contributed by atoms with Crippen molar-refractivity contribution in [1.82, 2.24) is 0 Å². The predicted molar refractivity (Wildman–Crippen MR) is 132 cm³/mol. The van der Waals surface area contributed by atoms with Gasteiger partial charge in [0.25, 0.3) is 0 Å². The maximum absolute atomic E-state index is 11.8. The molecule has 0 aliphatic heterocycles. The van der Waals surface area contributed by atoms with Gasteiger partial charge in [-0.2, -0.15) is 0 Å². The fourth-order valence-electron chi connectivity index (χ4n) is 11.2. The Morgan fingerprint density at radius 3 is 2.19 bits per heavy atom. The van der Waals surface area contributed by atoms with Gasteiger partial charge in [0.1, 0.15) is 0 Å². The maximum atomic E-state index is 11.8. The molecule has 0 bridgehead atoms. The summed E-state index contributed by atoms with van der Waals surface area (Å²) in [5.74, 6) is 3.02. The Kier molecular flexibility index (Phi) is 5.02. The number of fused-ring (bicyclic) bond motifs is 7. The summed E-state index contributed by atoms with van der Waals surface area (Å²) in [4.78, 5) is 0. The third-order valence-corrected chi connectivity index (χ3v) is 13.2. The minimum atomic E-state index is -0.278. The first kappa shape index (κ1) is 23.4. The van der Waals surface area contributed by atoms with Crippen molar-refractivity contribution in [3.05, 3.63) is 11.6 Å². The van der Waals surface area contributed by atoms with Crippen LogP contribution in [0.2, 0.25) is 0 Å². The zero-order valence-corrected chi connectivity index (χ0v) is 22.2. The summed E-state index contributed by atoms with van der Waals surface area (Å²) < 4.78 is 0. The fraction of sp³-hybridized carbons (Fsp3) is 0.933. The molecule has 0 heterocycles. The van der Waals surface area contributed by atoms with Crippen LogP contribution in [0.1, 0.15) is 107 Å². The Balaban J connectivity index is 1.59. The van der Waals surface area contributed by atoms with Crippen LogP contribution in [0, 0.1) is 56.7 Å². The van der Waals surface area contributed by atoms with Crippen molar-refractivity contribution in [2.75, 3.05) is 0 Å².